The molecular weight excluding hydrogens is 419 g/mol. The van der Waals surface area contributed by atoms with Crippen LogP contribution in [0, 0.1) is 6.92 Å². The van der Waals surface area contributed by atoms with Gasteiger partial charge < -0.3 is 18.3 Å². The molecule has 5 heteroatoms. The molecule has 8 rings (SSSR count). The third kappa shape index (κ3) is 2.05. The number of fused-ring (bicyclic) bond motifs is 9. The van der Waals surface area contributed by atoms with E-state index in [0.29, 0.717) is 0 Å². The van der Waals surface area contributed by atoms with Crippen molar-refractivity contribution in [3.05, 3.63) is 78.4 Å². The van der Waals surface area contributed by atoms with Crippen LogP contribution in [0.4, 0.5) is 0 Å². The van der Waals surface area contributed by atoms with Crippen LogP contribution in [0.2, 0.25) is 0 Å². The Morgan fingerprint density at radius 1 is 0.625 bits per heavy atom. The third-order valence-electron chi connectivity index (χ3n) is 6.27. The van der Waals surface area contributed by atoms with Crippen molar-refractivity contribution in [1.82, 2.24) is 0 Å². The van der Waals surface area contributed by atoms with Crippen molar-refractivity contribution in [2.24, 2.45) is 0 Å². The number of hydrogen-bond donors (Lipinski definition) is 0. The van der Waals surface area contributed by atoms with E-state index in [-0.39, 0.29) is 0 Å². The number of rotatable bonds is 0. The highest BCUT2D eigenvalue weighted by atomic mass is 31.1. The van der Waals surface area contributed by atoms with Crippen LogP contribution in [0.5, 0.6) is 23.0 Å². The number of ether oxygens (including phenoxy) is 2. The normalized spacial score (nSPS) is 15.8. The van der Waals surface area contributed by atoms with Crippen LogP contribution in [0.15, 0.2) is 81.6 Å². The number of para-hydroxylation sites is 2. The number of aryl methyl sites for hydroxylation is 1. The second-order valence-electron chi connectivity index (χ2n) is 8.30. The van der Waals surface area contributed by atoms with E-state index in [0.717, 1.165) is 77.6 Å². The molecule has 4 heterocycles. The van der Waals surface area contributed by atoms with Crippen LogP contribution < -0.4 is 25.6 Å². The lowest BCUT2D eigenvalue weighted by Gasteiger charge is -2.32. The van der Waals surface area contributed by atoms with Crippen molar-refractivity contribution in [1.29, 1.82) is 0 Å². The molecule has 1 atom stereocenters. The van der Waals surface area contributed by atoms with Gasteiger partial charge in [-0.15, -0.1) is 0 Å². The first-order chi connectivity index (χ1) is 15.7. The second-order valence-corrected chi connectivity index (χ2v) is 10.3. The Morgan fingerprint density at radius 2 is 1.34 bits per heavy atom. The Labute approximate surface area is 183 Å². The van der Waals surface area contributed by atoms with Gasteiger partial charge in [-0.25, -0.2) is 0 Å². The lowest BCUT2D eigenvalue weighted by molar-refractivity contribution is 0.463. The molecule has 0 fully saturated rings. The average Bonchev–Trinajstić information content (AvgIpc) is 3.35. The minimum absolute atomic E-state index is 0.819. The van der Waals surface area contributed by atoms with E-state index in [1.807, 2.05) is 42.5 Å². The predicted octanol–water partition coefficient (Wildman–Crippen LogP) is 6.61. The van der Waals surface area contributed by atoms with Crippen LogP contribution in [0.3, 0.4) is 0 Å². The summed E-state index contributed by atoms with van der Waals surface area (Å²) in [7, 11) is -0.978. The maximum Gasteiger partial charge on any atom is 0.181 e. The molecule has 2 aromatic heterocycles. The molecule has 1 unspecified atom stereocenters. The van der Waals surface area contributed by atoms with Crippen molar-refractivity contribution < 1.29 is 18.3 Å². The van der Waals surface area contributed by atoms with Crippen LogP contribution in [-0.4, -0.2) is 0 Å². The fourth-order valence-corrected chi connectivity index (χ4v) is 7.37. The Morgan fingerprint density at radius 3 is 2.19 bits per heavy atom. The summed E-state index contributed by atoms with van der Waals surface area (Å²) in [6, 6.07) is 24.6. The number of benzene rings is 4. The second kappa shape index (κ2) is 5.73. The largest absolute Gasteiger partial charge is 0.456 e. The zero-order valence-electron chi connectivity index (χ0n) is 17.0. The summed E-state index contributed by atoms with van der Waals surface area (Å²) in [6.07, 6.45) is 0. The molecule has 0 amide bonds. The zero-order chi connectivity index (χ0) is 21.0. The summed E-state index contributed by atoms with van der Waals surface area (Å²) in [4.78, 5) is 0. The SMILES string of the molecule is Cc1cc2c3c(c1)Oc1c(oc4ccccc14)P3c1cc3c(cc1O2)oc1ccccc13. The zero-order valence-corrected chi connectivity index (χ0v) is 17.9. The van der Waals surface area contributed by atoms with Crippen LogP contribution in [0.25, 0.3) is 32.9 Å². The topological polar surface area (TPSA) is 44.7 Å². The molecule has 0 spiro atoms. The molecule has 0 N–H and O–H groups in total. The van der Waals surface area contributed by atoms with Gasteiger partial charge in [0.25, 0.3) is 0 Å². The Kier molecular flexibility index (Phi) is 3.02. The van der Waals surface area contributed by atoms with Crippen molar-refractivity contribution in [2.45, 2.75) is 6.92 Å². The number of hydrogen-bond acceptors (Lipinski definition) is 4. The molecule has 0 saturated carbocycles. The molecule has 2 aliphatic rings. The first-order valence-electron chi connectivity index (χ1n) is 10.5. The smallest absolute Gasteiger partial charge is 0.181 e. The molecular formula is C27H15O4P. The molecule has 32 heavy (non-hydrogen) atoms. The van der Waals surface area contributed by atoms with Crippen molar-refractivity contribution in [3.8, 4) is 23.0 Å². The van der Waals surface area contributed by atoms with Gasteiger partial charge in [0.2, 0.25) is 0 Å². The van der Waals surface area contributed by atoms with Gasteiger partial charge in [0.15, 0.2) is 11.3 Å². The molecule has 4 aromatic carbocycles. The van der Waals surface area contributed by atoms with Gasteiger partial charge in [-0.1, -0.05) is 30.3 Å². The van der Waals surface area contributed by atoms with Gasteiger partial charge in [0.05, 0.1) is 10.7 Å². The Hall–Kier alpha value is -3.75. The minimum atomic E-state index is -0.978. The molecule has 0 bridgehead atoms. The van der Waals surface area contributed by atoms with Crippen LogP contribution in [-0.2, 0) is 0 Å². The van der Waals surface area contributed by atoms with E-state index in [1.165, 1.54) is 0 Å². The van der Waals surface area contributed by atoms with E-state index in [2.05, 4.69) is 37.3 Å². The first kappa shape index (κ1) is 16.9. The van der Waals surface area contributed by atoms with Crippen molar-refractivity contribution in [3.63, 3.8) is 0 Å². The fourth-order valence-electron chi connectivity index (χ4n) is 4.90. The van der Waals surface area contributed by atoms with E-state index in [1.54, 1.807) is 0 Å². The summed E-state index contributed by atoms with van der Waals surface area (Å²) in [6.45, 7) is 2.06. The monoisotopic (exact) mass is 434 g/mol. The van der Waals surface area contributed by atoms with E-state index in [4.69, 9.17) is 18.3 Å². The molecule has 4 nitrogen and oxygen atoms in total. The van der Waals surface area contributed by atoms with Crippen molar-refractivity contribution >= 4 is 56.9 Å². The molecule has 0 saturated heterocycles. The standard InChI is InChI=1S/C27H15O4P/c1-14-10-22-26-23(11-14)30-25-16-7-3-5-9-19(16)31-27(25)32(26)24-12-17-15-6-2-4-8-18(15)28-20(17)13-21(24)29-22/h2-13H,1H3. The summed E-state index contributed by atoms with van der Waals surface area (Å²) in [5, 5.41) is 5.40. The van der Waals surface area contributed by atoms with Crippen LogP contribution >= 0.6 is 7.92 Å². The van der Waals surface area contributed by atoms with Gasteiger partial charge in [-0.05, 0) is 48.9 Å². The van der Waals surface area contributed by atoms with E-state index in [9.17, 15) is 0 Å². The summed E-state index contributed by atoms with van der Waals surface area (Å²) < 4.78 is 25.4. The third-order valence-corrected chi connectivity index (χ3v) is 8.69. The van der Waals surface area contributed by atoms with Gasteiger partial charge in [-0.2, -0.15) is 0 Å². The van der Waals surface area contributed by atoms with Gasteiger partial charge in [-0.3, -0.25) is 0 Å². The summed E-state index contributed by atoms with van der Waals surface area (Å²) in [5.74, 6) is 3.33. The minimum Gasteiger partial charge on any atom is -0.456 e. The average molecular weight is 434 g/mol. The van der Waals surface area contributed by atoms with Gasteiger partial charge in [0, 0.05) is 30.1 Å². The number of furan rings is 2. The summed E-state index contributed by atoms with van der Waals surface area (Å²) >= 11 is 0. The lowest BCUT2D eigenvalue weighted by Crippen LogP contribution is -2.31. The molecule has 0 radical (unpaired) electrons. The molecule has 0 aliphatic carbocycles. The maximum absolute atomic E-state index is 6.44. The van der Waals surface area contributed by atoms with Gasteiger partial charge in [0.1, 0.15) is 34.0 Å². The van der Waals surface area contributed by atoms with Crippen molar-refractivity contribution in [2.75, 3.05) is 0 Å². The summed E-state index contributed by atoms with van der Waals surface area (Å²) in [5.41, 5.74) is 4.53. The molecule has 6 aromatic rings. The van der Waals surface area contributed by atoms with Crippen LogP contribution in [0.1, 0.15) is 5.56 Å². The molecule has 2 aliphatic heterocycles. The highest BCUT2D eigenvalue weighted by Gasteiger charge is 2.41. The van der Waals surface area contributed by atoms with E-state index >= 15 is 0 Å². The first-order valence-corrected chi connectivity index (χ1v) is 11.9. The predicted molar refractivity (Wildman–Crippen MR) is 127 cm³/mol. The van der Waals surface area contributed by atoms with Gasteiger partial charge >= 0.3 is 0 Å². The Balaban J connectivity index is 1.50. The van der Waals surface area contributed by atoms with E-state index < -0.39 is 7.92 Å². The molecule has 152 valence electrons. The Bertz CT molecular complexity index is 1760. The quantitative estimate of drug-likeness (QED) is 0.252. The lowest BCUT2D eigenvalue weighted by atomic mass is 10.1. The maximum atomic E-state index is 6.44. The highest BCUT2D eigenvalue weighted by Crippen LogP contribution is 2.55. The highest BCUT2D eigenvalue weighted by molar-refractivity contribution is 7.80. The fraction of sp³-hybridized carbons (Fsp3) is 0.0370.